The van der Waals surface area contributed by atoms with E-state index in [1.807, 2.05) is 49.5 Å². The van der Waals surface area contributed by atoms with E-state index in [0.29, 0.717) is 11.1 Å². The lowest BCUT2D eigenvalue weighted by Crippen LogP contribution is -2.09. The Labute approximate surface area is 124 Å². The molecule has 0 saturated carbocycles. The molecule has 0 radical (unpaired) electrons. The van der Waals surface area contributed by atoms with Crippen LogP contribution in [0.1, 0.15) is 15.9 Å². The number of benzene rings is 1. The van der Waals surface area contributed by atoms with Gasteiger partial charge in [-0.2, -0.15) is 0 Å². The highest BCUT2D eigenvalue weighted by atomic mass is 16.5. The van der Waals surface area contributed by atoms with E-state index in [1.165, 1.54) is 0 Å². The predicted octanol–water partition coefficient (Wildman–Crippen LogP) is 2.88. The zero-order valence-corrected chi connectivity index (χ0v) is 12.4. The van der Waals surface area contributed by atoms with Crippen LogP contribution < -0.4 is 4.74 Å². The molecule has 0 bridgehead atoms. The largest absolute Gasteiger partial charge is 0.497 e. The molecule has 0 fully saturated rings. The van der Waals surface area contributed by atoms with Gasteiger partial charge in [0.1, 0.15) is 5.75 Å². The van der Waals surface area contributed by atoms with Crippen LogP contribution in [0.4, 0.5) is 0 Å². The second kappa shape index (κ2) is 6.70. The quantitative estimate of drug-likeness (QED) is 0.624. The van der Waals surface area contributed by atoms with E-state index in [0.717, 1.165) is 11.3 Å². The van der Waals surface area contributed by atoms with Gasteiger partial charge in [0.15, 0.2) is 5.78 Å². The van der Waals surface area contributed by atoms with Crippen molar-refractivity contribution in [3.05, 3.63) is 66.1 Å². The normalized spacial score (nSPS) is 11.1. The number of methoxy groups -OCH3 is 1. The van der Waals surface area contributed by atoms with Crippen molar-refractivity contribution < 1.29 is 9.53 Å². The summed E-state index contributed by atoms with van der Waals surface area (Å²) in [5.41, 5.74) is 2.11. The number of hydrogen-bond acceptors (Lipinski definition) is 4. The maximum Gasteiger partial charge on any atom is 0.195 e. The van der Waals surface area contributed by atoms with Crippen LogP contribution in [0.3, 0.4) is 0 Å². The van der Waals surface area contributed by atoms with Gasteiger partial charge in [-0.1, -0.05) is 12.1 Å². The maximum atomic E-state index is 12.7. The number of ether oxygens (including phenoxy) is 1. The molecule has 1 aromatic carbocycles. The summed E-state index contributed by atoms with van der Waals surface area (Å²) in [5, 5.41) is 0. The Balaban J connectivity index is 2.41. The smallest absolute Gasteiger partial charge is 0.195 e. The molecule has 108 valence electrons. The number of nitrogens with zero attached hydrogens (tertiary/aromatic N) is 2. The molecular weight excluding hydrogens is 264 g/mol. The lowest BCUT2D eigenvalue weighted by atomic mass is 9.98. The minimum atomic E-state index is -0.0312. The van der Waals surface area contributed by atoms with Gasteiger partial charge in [0.05, 0.1) is 7.11 Å². The third kappa shape index (κ3) is 3.69. The van der Waals surface area contributed by atoms with E-state index < -0.39 is 0 Å². The van der Waals surface area contributed by atoms with Crippen molar-refractivity contribution in [3.8, 4) is 5.75 Å². The highest BCUT2D eigenvalue weighted by molar-refractivity contribution is 6.28. The second-order valence-electron chi connectivity index (χ2n) is 4.80. The van der Waals surface area contributed by atoms with Gasteiger partial charge in [-0.15, -0.1) is 0 Å². The summed E-state index contributed by atoms with van der Waals surface area (Å²) in [5.74, 6) is 0.732. The molecule has 1 aromatic heterocycles. The standard InChI is InChI=1S/C17H18N2O2/c1-19(2)12-16(13-4-6-15(21-3)7-5-13)17(20)14-8-10-18-11-9-14/h4-12H,1-3H3/b16-12+. The number of rotatable bonds is 5. The van der Waals surface area contributed by atoms with E-state index >= 15 is 0 Å². The maximum absolute atomic E-state index is 12.7. The highest BCUT2D eigenvalue weighted by Gasteiger charge is 2.14. The van der Waals surface area contributed by atoms with Gasteiger partial charge in [-0.05, 0) is 29.8 Å². The third-order valence-electron chi connectivity index (χ3n) is 2.98. The van der Waals surface area contributed by atoms with Gasteiger partial charge in [0.2, 0.25) is 0 Å². The van der Waals surface area contributed by atoms with Crippen LogP contribution in [0, 0.1) is 0 Å². The minimum Gasteiger partial charge on any atom is -0.497 e. The summed E-state index contributed by atoms with van der Waals surface area (Å²) in [4.78, 5) is 18.5. The molecule has 4 heteroatoms. The van der Waals surface area contributed by atoms with E-state index in [1.54, 1.807) is 31.6 Å². The summed E-state index contributed by atoms with van der Waals surface area (Å²) in [7, 11) is 5.40. The van der Waals surface area contributed by atoms with Crippen molar-refractivity contribution in [1.29, 1.82) is 0 Å². The van der Waals surface area contributed by atoms with Crippen molar-refractivity contribution in [2.45, 2.75) is 0 Å². The number of aromatic nitrogens is 1. The molecule has 2 rings (SSSR count). The second-order valence-corrected chi connectivity index (χ2v) is 4.80. The summed E-state index contributed by atoms with van der Waals surface area (Å²) >= 11 is 0. The van der Waals surface area contributed by atoms with E-state index in [4.69, 9.17) is 4.74 Å². The molecule has 0 saturated heterocycles. The van der Waals surface area contributed by atoms with Crippen LogP contribution >= 0.6 is 0 Å². The van der Waals surface area contributed by atoms with Crippen molar-refractivity contribution in [2.75, 3.05) is 21.2 Å². The van der Waals surface area contributed by atoms with Gasteiger partial charge in [-0.3, -0.25) is 9.78 Å². The molecule has 1 heterocycles. The molecule has 0 aliphatic heterocycles. The molecule has 4 nitrogen and oxygen atoms in total. The van der Waals surface area contributed by atoms with Gasteiger partial charge in [0.25, 0.3) is 0 Å². The molecule has 0 spiro atoms. The molecule has 21 heavy (non-hydrogen) atoms. The third-order valence-corrected chi connectivity index (χ3v) is 2.98. The first kappa shape index (κ1) is 14.8. The van der Waals surface area contributed by atoms with Gasteiger partial charge in [-0.25, -0.2) is 0 Å². The average Bonchev–Trinajstić information content (AvgIpc) is 2.53. The molecule has 0 atom stereocenters. The Bertz CT molecular complexity index is 632. The van der Waals surface area contributed by atoms with Gasteiger partial charge < -0.3 is 9.64 Å². The molecule has 0 unspecified atom stereocenters. The number of allylic oxidation sites excluding steroid dienone is 1. The van der Waals surface area contributed by atoms with Gasteiger partial charge >= 0.3 is 0 Å². The van der Waals surface area contributed by atoms with Crippen molar-refractivity contribution in [3.63, 3.8) is 0 Å². The number of hydrogen-bond donors (Lipinski definition) is 0. The first-order chi connectivity index (χ1) is 10.1. The Hall–Kier alpha value is -2.62. The fourth-order valence-corrected chi connectivity index (χ4v) is 1.95. The van der Waals surface area contributed by atoms with E-state index in [9.17, 15) is 4.79 Å². The fourth-order valence-electron chi connectivity index (χ4n) is 1.95. The lowest BCUT2D eigenvalue weighted by Gasteiger charge is -2.12. The topological polar surface area (TPSA) is 42.4 Å². The van der Waals surface area contributed by atoms with Crippen LogP contribution in [0.2, 0.25) is 0 Å². The van der Waals surface area contributed by atoms with Crippen LogP contribution in [0.15, 0.2) is 55.0 Å². The summed E-state index contributed by atoms with van der Waals surface area (Å²) in [6, 6.07) is 10.9. The van der Waals surface area contributed by atoms with Crippen LogP contribution in [-0.4, -0.2) is 36.9 Å². The van der Waals surface area contributed by atoms with E-state index in [2.05, 4.69) is 4.98 Å². The van der Waals surface area contributed by atoms with Crippen molar-refractivity contribution in [1.82, 2.24) is 9.88 Å². The molecular formula is C17H18N2O2. The number of carbonyl (C=O) groups excluding carboxylic acids is 1. The molecule has 0 aliphatic rings. The zero-order valence-electron chi connectivity index (χ0n) is 12.4. The number of ketones is 1. The minimum absolute atomic E-state index is 0.0312. The SMILES string of the molecule is COc1ccc(/C(=C\N(C)C)C(=O)c2ccncc2)cc1. The van der Waals surface area contributed by atoms with E-state index in [-0.39, 0.29) is 5.78 Å². The van der Waals surface area contributed by atoms with Crippen molar-refractivity contribution >= 4 is 11.4 Å². The Morgan fingerprint density at radius 2 is 1.67 bits per heavy atom. The molecule has 0 N–H and O–H groups in total. The number of carbonyl (C=O) groups is 1. The highest BCUT2D eigenvalue weighted by Crippen LogP contribution is 2.22. The predicted molar refractivity (Wildman–Crippen MR) is 83.2 cm³/mol. The van der Waals surface area contributed by atoms with Crippen LogP contribution in [0.25, 0.3) is 5.57 Å². The van der Waals surface area contributed by atoms with Crippen molar-refractivity contribution in [2.24, 2.45) is 0 Å². The fraction of sp³-hybridized carbons (Fsp3) is 0.176. The number of pyridine rings is 1. The first-order valence-corrected chi connectivity index (χ1v) is 6.59. The Morgan fingerprint density at radius 1 is 1.05 bits per heavy atom. The monoisotopic (exact) mass is 282 g/mol. The summed E-state index contributed by atoms with van der Waals surface area (Å²) in [6.45, 7) is 0. The Kier molecular flexibility index (Phi) is 4.72. The summed E-state index contributed by atoms with van der Waals surface area (Å²) < 4.78 is 5.15. The van der Waals surface area contributed by atoms with Gasteiger partial charge in [0, 0.05) is 43.8 Å². The van der Waals surface area contributed by atoms with Crippen LogP contribution in [-0.2, 0) is 0 Å². The summed E-state index contributed by atoms with van der Waals surface area (Å²) in [6.07, 6.45) is 5.06. The van der Waals surface area contributed by atoms with Crippen LogP contribution in [0.5, 0.6) is 5.75 Å². The molecule has 0 aliphatic carbocycles. The molecule has 2 aromatic rings. The average molecular weight is 282 g/mol. The Morgan fingerprint density at radius 3 is 2.19 bits per heavy atom. The zero-order chi connectivity index (χ0) is 15.2. The number of Topliss-reactive ketones (excluding diaryl/α,β-unsaturated/α-hetero) is 1. The first-order valence-electron chi connectivity index (χ1n) is 6.59. The lowest BCUT2D eigenvalue weighted by molar-refractivity contribution is 0.105. The molecule has 0 amide bonds.